The highest BCUT2D eigenvalue weighted by Crippen LogP contribution is 2.54. The molecule has 4 nitrogen and oxygen atoms in total. The van der Waals surface area contributed by atoms with Gasteiger partial charge in [0.1, 0.15) is 16.8 Å². The number of hydrogen-bond acceptors (Lipinski definition) is 1. The molecule has 0 saturated heterocycles. The van der Waals surface area contributed by atoms with Gasteiger partial charge in [-0.2, -0.15) is 4.57 Å². The highest BCUT2D eigenvalue weighted by molar-refractivity contribution is 6.89. The molecule has 1 unspecified atom stereocenters. The van der Waals surface area contributed by atoms with Gasteiger partial charge in [0.05, 0.1) is 24.8 Å². The summed E-state index contributed by atoms with van der Waals surface area (Å²) in [4.78, 5) is 0. The van der Waals surface area contributed by atoms with Crippen molar-refractivity contribution in [1.82, 2.24) is 4.57 Å². The van der Waals surface area contributed by atoms with E-state index in [1.807, 2.05) is 0 Å². The lowest BCUT2D eigenvalue weighted by Crippen LogP contribution is -2.72. The van der Waals surface area contributed by atoms with Gasteiger partial charge >= 0.3 is 11.5 Å². The SMILES string of the molecule is Cc1ccc2c(c1)-c1cc(CC(C)C)c([Si](C)(C)C)c[n+]1C21c2ccc3c(oc4ccccc43)c2-c2n(-c3c(-c4ccccc4)cc(C(C)(C)C)cc3-c3ccccc3)c3ccccc3[n+]21. The number of aromatic nitrogens is 3. The number of pyridine rings is 1. The van der Waals surface area contributed by atoms with Crippen molar-refractivity contribution in [3.8, 4) is 50.6 Å². The summed E-state index contributed by atoms with van der Waals surface area (Å²) >= 11 is 0. The minimum Gasteiger partial charge on any atom is -0.455 e. The third kappa shape index (κ3) is 5.75. The van der Waals surface area contributed by atoms with Crippen molar-refractivity contribution >= 4 is 46.2 Å². The summed E-state index contributed by atoms with van der Waals surface area (Å²) in [7, 11) is -1.88. The second kappa shape index (κ2) is 14.3. The predicted octanol–water partition coefficient (Wildman–Crippen LogP) is 14.0. The molecule has 2 aliphatic rings. The van der Waals surface area contributed by atoms with Crippen LogP contribution >= 0.6 is 0 Å². The van der Waals surface area contributed by atoms with E-state index in [1.165, 1.54) is 72.0 Å². The van der Waals surface area contributed by atoms with Crippen molar-refractivity contribution in [2.75, 3.05) is 0 Å². The van der Waals surface area contributed by atoms with Crippen LogP contribution in [0.5, 0.6) is 0 Å². The predicted molar refractivity (Wildman–Crippen MR) is 276 cm³/mol. The average molecular weight is 876 g/mol. The van der Waals surface area contributed by atoms with E-state index in [0.717, 1.165) is 51.0 Å². The van der Waals surface area contributed by atoms with Gasteiger partial charge in [-0.3, -0.25) is 0 Å². The van der Waals surface area contributed by atoms with Gasteiger partial charge in [0.25, 0.3) is 0 Å². The number of benzene rings is 7. The Labute approximate surface area is 389 Å². The van der Waals surface area contributed by atoms with Gasteiger partial charge in [-0.1, -0.05) is 157 Å². The topological polar surface area (TPSA) is 25.8 Å². The average Bonchev–Trinajstić information content (AvgIpc) is 4.01. The maximum absolute atomic E-state index is 7.24. The van der Waals surface area contributed by atoms with Crippen molar-refractivity contribution in [3.05, 3.63) is 192 Å². The maximum atomic E-state index is 7.24. The Morgan fingerprint density at radius 3 is 1.97 bits per heavy atom. The van der Waals surface area contributed by atoms with Crippen LogP contribution in [0.2, 0.25) is 19.6 Å². The Morgan fingerprint density at radius 1 is 0.667 bits per heavy atom. The first-order chi connectivity index (χ1) is 31.7. The van der Waals surface area contributed by atoms with Crippen LogP contribution in [0.1, 0.15) is 62.4 Å². The first-order valence-corrected chi connectivity index (χ1v) is 27.3. The van der Waals surface area contributed by atoms with Crippen molar-refractivity contribution in [2.24, 2.45) is 5.92 Å². The molecule has 12 rings (SSSR count). The van der Waals surface area contributed by atoms with Crippen LogP contribution in [-0.2, 0) is 17.5 Å². The van der Waals surface area contributed by atoms with Crippen LogP contribution in [0.15, 0.2) is 168 Å². The summed E-state index contributed by atoms with van der Waals surface area (Å²) in [6.45, 7) is 21.5. The minimum absolute atomic E-state index is 0.104. The van der Waals surface area contributed by atoms with Crippen molar-refractivity contribution in [2.45, 2.75) is 78.7 Å². The van der Waals surface area contributed by atoms with Crippen LogP contribution in [-0.4, -0.2) is 12.6 Å². The fourth-order valence-electron chi connectivity index (χ4n) is 11.5. The normalized spacial score (nSPS) is 15.3. The second-order valence-electron chi connectivity index (χ2n) is 21.4. The van der Waals surface area contributed by atoms with Crippen molar-refractivity contribution < 1.29 is 13.6 Å². The van der Waals surface area contributed by atoms with Gasteiger partial charge in [0, 0.05) is 33.2 Å². The number of hydrogen-bond donors (Lipinski definition) is 0. The molecule has 0 radical (unpaired) electrons. The van der Waals surface area contributed by atoms with Crippen molar-refractivity contribution in [3.63, 3.8) is 0 Å². The summed E-state index contributed by atoms with van der Waals surface area (Å²) in [5.74, 6) is 1.65. The summed E-state index contributed by atoms with van der Waals surface area (Å²) in [5.41, 5.74) is 19.4. The van der Waals surface area contributed by atoms with Crippen LogP contribution in [0, 0.1) is 12.8 Å². The van der Waals surface area contributed by atoms with E-state index < -0.39 is 13.7 Å². The fraction of sp³-hybridized carbons (Fsp3) is 0.213. The largest absolute Gasteiger partial charge is 0.455 e. The first kappa shape index (κ1) is 40.7. The van der Waals surface area contributed by atoms with Crippen LogP contribution in [0.4, 0.5) is 0 Å². The van der Waals surface area contributed by atoms with Gasteiger partial charge in [0.15, 0.2) is 22.8 Å². The standard InChI is InChI=1S/C61H57N3OSi/c1-38(2)32-42-34-53-48-33-39(3)28-30-49(48)61(62(53)37-55(42)66(7,8)9)50-31-29-45-44-24-16-19-27-54(44)65-58(45)56(50)59-63(51-25-17-18-26-52(51)64(59)61)57-46(40-20-12-10-13-21-40)35-43(60(4,5)6)36-47(57)41-22-14-11-15-23-41/h10-31,33-38H,32H2,1-9H3/q+2. The van der Waals surface area contributed by atoms with E-state index >= 15 is 0 Å². The Kier molecular flexibility index (Phi) is 8.83. The Bertz CT molecular complexity index is 3560. The Balaban J connectivity index is 1.34. The third-order valence-electron chi connectivity index (χ3n) is 14.4. The maximum Gasteiger partial charge on any atom is 0.364 e. The van der Waals surface area contributed by atoms with Gasteiger partial charge in [-0.25, -0.2) is 0 Å². The Hall–Kier alpha value is -6.82. The lowest BCUT2D eigenvalue weighted by Gasteiger charge is -2.24. The van der Waals surface area contributed by atoms with E-state index in [0.29, 0.717) is 5.92 Å². The number of nitrogens with zero attached hydrogens (tertiary/aromatic N) is 3. The molecule has 0 amide bonds. The van der Waals surface area contributed by atoms with Gasteiger partial charge in [0.2, 0.25) is 5.69 Å². The highest BCUT2D eigenvalue weighted by Gasteiger charge is 2.67. The van der Waals surface area contributed by atoms with Crippen molar-refractivity contribution in [1.29, 1.82) is 0 Å². The molecule has 2 aliphatic heterocycles. The first-order valence-electron chi connectivity index (χ1n) is 23.8. The molecule has 1 spiro atoms. The van der Waals surface area contributed by atoms with E-state index in [4.69, 9.17) is 4.42 Å². The molecule has 0 saturated carbocycles. The molecule has 66 heavy (non-hydrogen) atoms. The fourth-order valence-corrected chi connectivity index (χ4v) is 13.2. The zero-order valence-corrected chi connectivity index (χ0v) is 40.6. The van der Waals surface area contributed by atoms with Crippen LogP contribution in [0.25, 0.3) is 83.6 Å². The molecule has 0 bridgehead atoms. The van der Waals surface area contributed by atoms with E-state index in [2.05, 4.69) is 239 Å². The molecule has 0 fully saturated rings. The molecular formula is C61H57N3OSi+2. The summed E-state index contributed by atoms with van der Waals surface area (Å²) < 4.78 is 15.3. The zero-order valence-electron chi connectivity index (χ0n) is 39.6. The Morgan fingerprint density at radius 2 is 1.30 bits per heavy atom. The lowest BCUT2D eigenvalue weighted by molar-refractivity contribution is -0.944. The smallest absolute Gasteiger partial charge is 0.364 e. The summed E-state index contributed by atoms with van der Waals surface area (Å²) in [5, 5.41) is 3.77. The molecule has 0 N–H and O–H groups in total. The van der Waals surface area contributed by atoms with Crippen LogP contribution in [0.3, 0.4) is 0 Å². The zero-order chi connectivity index (χ0) is 45.4. The summed E-state index contributed by atoms with van der Waals surface area (Å²) in [6.07, 6.45) is 3.64. The number of rotatable bonds is 6. The quantitative estimate of drug-likeness (QED) is 0.121. The molecule has 1 atom stereocenters. The molecule has 324 valence electrons. The number of para-hydroxylation sites is 3. The minimum atomic E-state index is -1.88. The van der Waals surface area contributed by atoms with E-state index in [1.54, 1.807) is 0 Å². The van der Waals surface area contributed by atoms with Gasteiger partial charge < -0.3 is 4.42 Å². The van der Waals surface area contributed by atoms with Gasteiger partial charge in [-0.05, 0) is 102 Å². The van der Waals surface area contributed by atoms with Crippen LogP contribution < -0.4 is 14.3 Å². The monoisotopic (exact) mass is 875 g/mol. The molecule has 5 heteroatoms. The molecular weight excluding hydrogens is 819 g/mol. The molecule has 3 aromatic heterocycles. The molecule has 5 heterocycles. The van der Waals surface area contributed by atoms with E-state index in [9.17, 15) is 0 Å². The lowest BCUT2D eigenvalue weighted by atomic mass is 9.82. The number of aryl methyl sites for hydroxylation is 1. The summed E-state index contributed by atoms with van der Waals surface area (Å²) in [6, 6.07) is 59.2. The number of imidazole rings is 1. The molecule has 10 aromatic rings. The van der Waals surface area contributed by atoms with E-state index in [-0.39, 0.29) is 5.41 Å². The van der Waals surface area contributed by atoms with Gasteiger partial charge in [-0.15, -0.1) is 9.13 Å². The molecule has 0 aliphatic carbocycles. The molecule has 7 aromatic carbocycles. The third-order valence-corrected chi connectivity index (χ3v) is 16.5. The highest BCUT2D eigenvalue weighted by atomic mass is 28.3. The number of furan rings is 1. The number of fused-ring (bicyclic) bond motifs is 16. The second-order valence-corrected chi connectivity index (χ2v) is 26.4.